The summed E-state index contributed by atoms with van der Waals surface area (Å²) in [5.74, 6) is -0.234. The molecule has 5 heteroatoms. The Kier molecular flexibility index (Phi) is 4.16. The van der Waals surface area contributed by atoms with Crippen molar-refractivity contribution in [3.8, 4) is 0 Å². The van der Waals surface area contributed by atoms with Crippen LogP contribution < -0.4 is 11.1 Å². The Morgan fingerprint density at radius 3 is 2.63 bits per heavy atom. The lowest BCUT2D eigenvalue weighted by molar-refractivity contribution is 0.0935. The first kappa shape index (κ1) is 13.5. The van der Waals surface area contributed by atoms with E-state index in [9.17, 15) is 4.79 Å². The van der Waals surface area contributed by atoms with Gasteiger partial charge >= 0.3 is 0 Å². The Bertz CT molecular complexity index is 583. The molecule has 1 unspecified atom stereocenters. The van der Waals surface area contributed by atoms with E-state index in [2.05, 4.69) is 26.2 Å². The summed E-state index contributed by atoms with van der Waals surface area (Å²) in [6.45, 7) is 1.92. The molecular formula is C14H14BrN3O. The number of carbonyl (C=O) groups is 1. The highest BCUT2D eigenvalue weighted by Gasteiger charge is 2.12. The van der Waals surface area contributed by atoms with Crippen molar-refractivity contribution in [1.82, 2.24) is 10.3 Å². The second kappa shape index (κ2) is 5.84. The van der Waals surface area contributed by atoms with Crippen LogP contribution in [-0.4, -0.2) is 10.9 Å². The third-order valence-electron chi connectivity index (χ3n) is 2.73. The first-order valence-corrected chi connectivity index (χ1v) is 6.63. The Labute approximate surface area is 120 Å². The minimum Gasteiger partial charge on any atom is -0.399 e. The average Bonchev–Trinajstić information content (AvgIpc) is 2.39. The second-order valence-corrected chi connectivity index (χ2v) is 5.14. The van der Waals surface area contributed by atoms with Gasteiger partial charge in [-0.1, -0.05) is 28.1 Å². The predicted molar refractivity (Wildman–Crippen MR) is 78.7 cm³/mol. The van der Waals surface area contributed by atoms with Crippen LogP contribution in [-0.2, 0) is 0 Å². The molecule has 0 aliphatic rings. The number of rotatable bonds is 3. The van der Waals surface area contributed by atoms with Crippen molar-refractivity contribution in [2.75, 3.05) is 5.73 Å². The van der Waals surface area contributed by atoms with Gasteiger partial charge in [-0.15, -0.1) is 0 Å². The number of hydrogen-bond donors (Lipinski definition) is 2. The number of carbonyl (C=O) groups excluding carboxylic acids is 1. The van der Waals surface area contributed by atoms with Crippen LogP contribution in [0.25, 0.3) is 0 Å². The number of nitrogens with zero attached hydrogens (tertiary/aromatic N) is 1. The van der Waals surface area contributed by atoms with E-state index in [-0.39, 0.29) is 11.9 Å². The maximum atomic E-state index is 12.0. The SMILES string of the molecule is CC(NC(=O)c1cc(N)ccn1)c1ccc(Br)cc1. The van der Waals surface area contributed by atoms with Crippen molar-refractivity contribution in [2.45, 2.75) is 13.0 Å². The maximum absolute atomic E-state index is 12.0. The van der Waals surface area contributed by atoms with Gasteiger partial charge in [0.25, 0.3) is 5.91 Å². The van der Waals surface area contributed by atoms with Crippen LogP contribution in [0.3, 0.4) is 0 Å². The molecule has 98 valence electrons. The smallest absolute Gasteiger partial charge is 0.270 e. The molecule has 1 atom stereocenters. The monoisotopic (exact) mass is 319 g/mol. The van der Waals surface area contributed by atoms with Gasteiger partial charge in [0.1, 0.15) is 5.69 Å². The molecule has 1 heterocycles. The Morgan fingerprint density at radius 1 is 1.32 bits per heavy atom. The highest BCUT2D eigenvalue weighted by Crippen LogP contribution is 2.17. The van der Waals surface area contributed by atoms with Crippen molar-refractivity contribution < 1.29 is 4.79 Å². The summed E-state index contributed by atoms with van der Waals surface area (Å²) in [6, 6.07) is 10.9. The standard InChI is InChI=1S/C14H14BrN3O/c1-9(10-2-4-11(15)5-3-10)18-14(19)13-8-12(16)6-7-17-13/h2-9H,1H3,(H2,16,17)(H,18,19). The highest BCUT2D eigenvalue weighted by molar-refractivity contribution is 9.10. The Morgan fingerprint density at radius 2 is 2.00 bits per heavy atom. The van der Waals surface area contributed by atoms with Gasteiger partial charge in [0.2, 0.25) is 0 Å². The van der Waals surface area contributed by atoms with E-state index in [0.29, 0.717) is 11.4 Å². The van der Waals surface area contributed by atoms with Gasteiger partial charge in [-0.25, -0.2) is 0 Å². The van der Waals surface area contributed by atoms with Crippen molar-refractivity contribution in [3.63, 3.8) is 0 Å². The highest BCUT2D eigenvalue weighted by atomic mass is 79.9. The van der Waals surface area contributed by atoms with Gasteiger partial charge in [-0.2, -0.15) is 0 Å². The molecule has 0 saturated heterocycles. The average molecular weight is 320 g/mol. The summed E-state index contributed by atoms with van der Waals surface area (Å²) in [6.07, 6.45) is 1.52. The van der Waals surface area contributed by atoms with Crippen LogP contribution >= 0.6 is 15.9 Å². The van der Waals surface area contributed by atoms with Crippen LogP contribution in [0.5, 0.6) is 0 Å². The summed E-state index contributed by atoms with van der Waals surface area (Å²) in [4.78, 5) is 16.0. The lowest BCUT2D eigenvalue weighted by atomic mass is 10.1. The van der Waals surface area contributed by atoms with Gasteiger partial charge in [0.05, 0.1) is 6.04 Å². The van der Waals surface area contributed by atoms with Gasteiger partial charge in [0.15, 0.2) is 0 Å². The molecule has 0 fully saturated rings. The van der Waals surface area contributed by atoms with Gasteiger partial charge < -0.3 is 11.1 Å². The fourth-order valence-electron chi connectivity index (χ4n) is 1.68. The molecule has 19 heavy (non-hydrogen) atoms. The molecular weight excluding hydrogens is 306 g/mol. The number of nitrogens with two attached hydrogens (primary N) is 1. The van der Waals surface area contributed by atoms with E-state index in [1.807, 2.05) is 31.2 Å². The normalized spacial score (nSPS) is 11.9. The zero-order valence-corrected chi connectivity index (χ0v) is 12.0. The van der Waals surface area contributed by atoms with Crippen molar-refractivity contribution in [3.05, 3.63) is 58.3 Å². The molecule has 0 spiro atoms. The summed E-state index contributed by atoms with van der Waals surface area (Å²) < 4.78 is 1.01. The molecule has 1 aromatic heterocycles. The molecule has 0 aliphatic heterocycles. The summed E-state index contributed by atoms with van der Waals surface area (Å²) in [5, 5.41) is 2.89. The number of pyridine rings is 1. The number of aromatic nitrogens is 1. The quantitative estimate of drug-likeness (QED) is 0.914. The summed E-state index contributed by atoms with van der Waals surface area (Å²) in [7, 11) is 0. The topological polar surface area (TPSA) is 68.0 Å². The number of benzene rings is 1. The molecule has 0 radical (unpaired) electrons. The van der Waals surface area contributed by atoms with Gasteiger partial charge in [-0.05, 0) is 36.8 Å². The third-order valence-corrected chi connectivity index (χ3v) is 3.26. The third kappa shape index (κ3) is 3.54. The molecule has 0 bridgehead atoms. The maximum Gasteiger partial charge on any atom is 0.270 e. The number of nitrogens with one attached hydrogen (secondary N) is 1. The van der Waals surface area contributed by atoms with Crippen molar-refractivity contribution in [1.29, 1.82) is 0 Å². The lowest BCUT2D eigenvalue weighted by Crippen LogP contribution is -2.27. The Hall–Kier alpha value is -1.88. The van der Waals surface area contributed by atoms with Crippen LogP contribution in [0.2, 0.25) is 0 Å². The van der Waals surface area contributed by atoms with E-state index < -0.39 is 0 Å². The van der Waals surface area contributed by atoms with E-state index >= 15 is 0 Å². The number of halogens is 1. The Balaban J connectivity index is 2.08. The van der Waals surface area contributed by atoms with Crippen molar-refractivity contribution >= 4 is 27.5 Å². The number of anilines is 1. The first-order chi connectivity index (χ1) is 9.06. The molecule has 1 amide bonds. The lowest BCUT2D eigenvalue weighted by Gasteiger charge is -2.14. The fourth-order valence-corrected chi connectivity index (χ4v) is 1.94. The van der Waals surface area contributed by atoms with Gasteiger partial charge in [-0.3, -0.25) is 9.78 Å². The predicted octanol–water partition coefficient (Wildman–Crippen LogP) is 2.92. The number of amides is 1. The largest absolute Gasteiger partial charge is 0.399 e. The van der Waals surface area contributed by atoms with E-state index in [0.717, 1.165) is 10.0 Å². The number of hydrogen-bond acceptors (Lipinski definition) is 3. The van der Waals surface area contributed by atoms with Gasteiger partial charge in [0, 0.05) is 16.4 Å². The zero-order valence-electron chi connectivity index (χ0n) is 10.4. The van der Waals surface area contributed by atoms with E-state index in [1.165, 1.54) is 6.20 Å². The van der Waals surface area contributed by atoms with Crippen LogP contribution in [0.4, 0.5) is 5.69 Å². The summed E-state index contributed by atoms with van der Waals surface area (Å²) >= 11 is 3.38. The zero-order chi connectivity index (χ0) is 13.8. The minimum absolute atomic E-state index is 0.0937. The molecule has 2 aromatic rings. The second-order valence-electron chi connectivity index (χ2n) is 4.22. The molecule has 3 N–H and O–H groups in total. The van der Waals surface area contributed by atoms with E-state index in [4.69, 9.17) is 5.73 Å². The molecule has 0 aliphatic carbocycles. The minimum atomic E-state index is -0.234. The van der Waals surface area contributed by atoms with Crippen molar-refractivity contribution in [2.24, 2.45) is 0 Å². The molecule has 0 saturated carbocycles. The molecule has 4 nitrogen and oxygen atoms in total. The summed E-state index contributed by atoms with van der Waals surface area (Å²) in [5.41, 5.74) is 7.51. The van der Waals surface area contributed by atoms with Crippen LogP contribution in [0.1, 0.15) is 29.0 Å². The van der Waals surface area contributed by atoms with Crippen LogP contribution in [0, 0.1) is 0 Å². The van der Waals surface area contributed by atoms with Crippen LogP contribution in [0.15, 0.2) is 47.1 Å². The molecule has 1 aromatic carbocycles. The number of nitrogen functional groups attached to an aromatic ring is 1. The first-order valence-electron chi connectivity index (χ1n) is 5.84. The fraction of sp³-hybridized carbons (Fsp3) is 0.143. The van der Waals surface area contributed by atoms with E-state index in [1.54, 1.807) is 12.1 Å². The molecule has 2 rings (SSSR count).